The zero-order valence-electron chi connectivity index (χ0n) is 13.0. The van der Waals surface area contributed by atoms with Gasteiger partial charge in [-0.25, -0.2) is 0 Å². The molecule has 0 aromatic rings. The smallest absolute Gasteiger partial charge is 0.374 e. The van der Waals surface area contributed by atoms with Gasteiger partial charge in [0.1, 0.15) is 0 Å². The van der Waals surface area contributed by atoms with Crippen LogP contribution in [0.15, 0.2) is 0 Å². The van der Waals surface area contributed by atoms with Crippen molar-refractivity contribution in [3.8, 4) is 0 Å². The molecule has 3 nitrogen and oxygen atoms in total. The van der Waals surface area contributed by atoms with E-state index in [1.807, 2.05) is 20.8 Å². The van der Waals surface area contributed by atoms with Crippen LogP contribution in [0.1, 0.15) is 61.7 Å². The summed E-state index contributed by atoms with van der Waals surface area (Å²) in [5, 5.41) is 0. The third kappa shape index (κ3) is 8.24. The minimum atomic E-state index is -2.37. The summed E-state index contributed by atoms with van der Waals surface area (Å²) in [4.78, 5) is 0. The fourth-order valence-corrected chi connectivity index (χ4v) is 4.76. The zero-order valence-corrected chi connectivity index (χ0v) is 14.0. The number of hydrogen-bond acceptors (Lipinski definition) is 3. The topological polar surface area (TPSA) is 27.7 Å². The van der Waals surface area contributed by atoms with Gasteiger partial charge in [-0.05, 0) is 33.1 Å². The minimum absolute atomic E-state index is 0. The molecule has 0 aliphatic carbocycles. The summed E-state index contributed by atoms with van der Waals surface area (Å²) in [5.41, 5.74) is 0. The van der Waals surface area contributed by atoms with Crippen molar-refractivity contribution in [3.05, 3.63) is 0 Å². The first kappa shape index (κ1) is 18.1. The maximum atomic E-state index is 5.83. The molecule has 0 rings (SSSR count). The predicted molar refractivity (Wildman–Crippen MR) is 80.9 cm³/mol. The van der Waals surface area contributed by atoms with Gasteiger partial charge in [-0.3, -0.25) is 0 Å². The van der Waals surface area contributed by atoms with Crippen LogP contribution in [-0.2, 0) is 13.3 Å². The zero-order chi connectivity index (χ0) is 13.9. The Morgan fingerprint density at radius 2 is 1.33 bits per heavy atom. The molecule has 0 heterocycles. The van der Waals surface area contributed by atoms with E-state index in [0.29, 0.717) is 19.8 Å². The van der Waals surface area contributed by atoms with Crippen LogP contribution in [0.4, 0.5) is 0 Å². The van der Waals surface area contributed by atoms with Gasteiger partial charge in [0.2, 0.25) is 0 Å². The second kappa shape index (κ2) is 11.0. The maximum absolute atomic E-state index is 5.83. The Hall–Kier alpha value is 0.0969. The van der Waals surface area contributed by atoms with Crippen LogP contribution in [0.25, 0.3) is 0 Å². The van der Waals surface area contributed by atoms with Crippen molar-refractivity contribution in [2.24, 2.45) is 5.92 Å². The first-order valence-corrected chi connectivity index (χ1v) is 9.45. The van der Waals surface area contributed by atoms with Crippen LogP contribution < -0.4 is 0 Å². The highest BCUT2D eigenvalue weighted by Gasteiger charge is 2.39. The molecule has 18 heavy (non-hydrogen) atoms. The lowest BCUT2D eigenvalue weighted by Gasteiger charge is -2.28. The van der Waals surface area contributed by atoms with Crippen molar-refractivity contribution < 1.29 is 14.7 Å². The molecule has 0 unspecified atom stereocenters. The lowest BCUT2D eigenvalue weighted by Crippen LogP contribution is -2.45. The molecule has 0 aromatic carbocycles. The summed E-state index contributed by atoms with van der Waals surface area (Å²) >= 11 is 0. The minimum Gasteiger partial charge on any atom is -0.374 e. The van der Waals surface area contributed by atoms with Crippen molar-refractivity contribution in [2.75, 3.05) is 19.8 Å². The highest BCUT2D eigenvalue weighted by molar-refractivity contribution is 6.60. The van der Waals surface area contributed by atoms with E-state index in [2.05, 4.69) is 13.8 Å². The van der Waals surface area contributed by atoms with Crippen LogP contribution in [0, 0.1) is 5.92 Å². The van der Waals surface area contributed by atoms with E-state index < -0.39 is 8.80 Å². The largest absolute Gasteiger partial charge is 0.500 e. The van der Waals surface area contributed by atoms with Crippen molar-refractivity contribution in [2.45, 2.75) is 66.3 Å². The van der Waals surface area contributed by atoms with Crippen LogP contribution in [0.5, 0.6) is 0 Å². The van der Waals surface area contributed by atoms with E-state index in [1.54, 1.807) is 0 Å². The molecular weight excluding hydrogens is 244 g/mol. The maximum Gasteiger partial charge on any atom is 0.500 e. The van der Waals surface area contributed by atoms with E-state index in [-0.39, 0.29) is 1.43 Å². The first-order chi connectivity index (χ1) is 8.60. The molecular formula is C14H34O3Si. The van der Waals surface area contributed by atoms with Crippen molar-refractivity contribution >= 4 is 8.80 Å². The summed E-state index contributed by atoms with van der Waals surface area (Å²) in [5.74, 6) is 0.803. The second-order valence-electron chi connectivity index (χ2n) is 4.98. The Labute approximate surface area is 116 Å². The van der Waals surface area contributed by atoms with Crippen LogP contribution >= 0.6 is 0 Å². The highest BCUT2D eigenvalue weighted by atomic mass is 28.4. The standard InChI is InChI=1S/C14H32O3Si.H2/c1-6-15-18(16-7-2,17-8-3)13-11-9-10-12-14(4)5;/h14H,6-13H2,1-5H3;1H. The number of hydrogen-bond donors (Lipinski definition) is 0. The summed E-state index contributed by atoms with van der Waals surface area (Å²) in [7, 11) is -2.37. The molecule has 0 saturated carbocycles. The van der Waals surface area contributed by atoms with Gasteiger partial charge in [-0.2, -0.15) is 0 Å². The van der Waals surface area contributed by atoms with E-state index in [4.69, 9.17) is 13.3 Å². The lowest BCUT2D eigenvalue weighted by atomic mass is 10.1. The van der Waals surface area contributed by atoms with Crippen molar-refractivity contribution in [1.29, 1.82) is 0 Å². The average Bonchev–Trinajstić information content (AvgIpc) is 2.29. The van der Waals surface area contributed by atoms with Gasteiger partial charge in [-0.1, -0.05) is 33.1 Å². The molecule has 0 N–H and O–H groups in total. The van der Waals surface area contributed by atoms with E-state index >= 15 is 0 Å². The van der Waals surface area contributed by atoms with Gasteiger partial charge in [0.15, 0.2) is 0 Å². The van der Waals surface area contributed by atoms with Gasteiger partial charge in [0.25, 0.3) is 0 Å². The fourth-order valence-electron chi connectivity index (χ4n) is 2.07. The number of rotatable bonds is 12. The molecule has 0 radical (unpaired) electrons. The molecule has 0 bridgehead atoms. The third-order valence-electron chi connectivity index (χ3n) is 2.86. The monoisotopic (exact) mass is 278 g/mol. The molecule has 0 atom stereocenters. The van der Waals surface area contributed by atoms with Crippen molar-refractivity contribution in [1.82, 2.24) is 0 Å². The second-order valence-corrected chi connectivity index (χ2v) is 7.71. The Kier molecular flexibility index (Phi) is 11.0. The van der Waals surface area contributed by atoms with Crippen LogP contribution in [-0.4, -0.2) is 28.6 Å². The van der Waals surface area contributed by atoms with Gasteiger partial charge < -0.3 is 13.3 Å². The fraction of sp³-hybridized carbons (Fsp3) is 1.00. The first-order valence-electron chi connectivity index (χ1n) is 7.52. The molecule has 0 spiro atoms. The summed E-state index contributed by atoms with van der Waals surface area (Å²) in [6, 6.07) is 0.959. The molecule has 0 amide bonds. The van der Waals surface area contributed by atoms with Gasteiger partial charge in [0.05, 0.1) is 0 Å². The molecule has 0 saturated heterocycles. The summed E-state index contributed by atoms with van der Waals surface area (Å²) < 4.78 is 17.5. The van der Waals surface area contributed by atoms with E-state index in [0.717, 1.165) is 18.4 Å². The summed E-state index contributed by atoms with van der Waals surface area (Å²) in [6.45, 7) is 12.6. The molecule has 112 valence electrons. The average molecular weight is 279 g/mol. The van der Waals surface area contributed by atoms with Gasteiger partial charge in [0, 0.05) is 27.3 Å². The highest BCUT2D eigenvalue weighted by Crippen LogP contribution is 2.20. The van der Waals surface area contributed by atoms with Crippen molar-refractivity contribution in [3.63, 3.8) is 0 Å². The Balaban J connectivity index is 0. The molecule has 0 fully saturated rings. The molecule has 4 heteroatoms. The lowest BCUT2D eigenvalue weighted by molar-refractivity contribution is 0.0706. The Morgan fingerprint density at radius 1 is 0.833 bits per heavy atom. The van der Waals surface area contributed by atoms with E-state index in [9.17, 15) is 0 Å². The van der Waals surface area contributed by atoms with E-state index in [1.165, 1.54) is 19.3 Å². The summed E-state index contributed by atoms with van der Waals surface area (Å²) in [6.07, 6.45) is 5.01. The normalized spacial score (nSPS) is 12.3. The predicted octanol–water partition coefficient (Wildman–Crippen LogP) is 4.50. The Morgan fingerprint density at radius 3 is 1.72 bits per heavy atom. The Bertz CT molecular complexity index is 175. The van der Waals surface area contributed by atoms with Gasteiger partial charge in [-0.15, -0.1) is 0 Å². The van der Waals surface area contributed by atoms with Crippen LogP contribution in [0.3, 0.4) is 0 Å². The SMILES string of the molecule is CCO[Si](CCCCCC(C)C)(OCC)OCC.[HH]. The molecule has 0 aliphatic rings. The third-order valence-corrected chi connectivity index (χ3v) is 6.01. The molecule has 0 aromatic heterocycles. The van der Waals surface area contributed by atoms with Gasteiger partial charge >= 0.3 is 8.80 Å². The van der Waals surface area contributed by atoms with Crippen LogP contribution in [0.2, 0.25) is 6.04 Å². The quantitative estimate of drug-likeness (QED) is 0.389. The number of unbranched alkanes of at least 4 members (excludes halogenated alkanes) is 2. The molecule has 0 aliphatic heterocycles.